The Balaban J connectivity index is 2.36. The molecular weight excluding hydrogens is 312 g/mol. The van der Waals surface area contributed by atoms with Crippen molar-refractivity contribution < 1.29 is 4.92 Å². The number of nitrogens with two attached hydrogens (primary N) is 1. The third-order valence-electron chi connectivity index (χ3n) is 3.60. The van der Waals surface area contributed by atoms with Crippen LogP contribution in [0.25, 0.3) is 0 Å². The number of anilines is 1. The van der Waals surface area contributed by atoms with Crippen LogP contribution in [0.15, 0.2) is 10.7 Å². The molecule has 1 aromatic rings. The Hall–Kier alpha value is -1.21. The van der Waals surface area contributed by atoms with Gasteiger partial charge < -0.3 is 10.6 Å². The van der Waals surface area contributed by atoms with Crippen LogP contribution < -0.4 is 10.6 Å². The molecule has 1 aromatic heterocycles. The molecule has 2 unspecified atom stereocenters. The second kappa shape index (κ2) is 5.42. The van der Waals surface area contributed by atoms with E-state index < -0.39 is 4.92 Å². The third kappa shape index (κ3) is 2.71. The lowest BCUT2D eigenvalue weighted by atomic mass is 9.99. The van der Waals surface area contributed by atoms with Gasteiger partial charge in [0.2, 0.25) is 0 Å². The predicted octanol–water partition coefficient (Wildman–Crippen LogP) is 2.38. The molecule has 1 fully saturated rings. The molecule has 1 aliphatic heterocycles. The normalized spacial score (nSPS) is 23.5. The Morgan fingerprint density at radius 2 is 2.32 bits per heavy atom. The molecule has 0 amide bonds. The average molecular weight is 329 g/mol. The van der Waals surface area contributed by atoms with Crippen LogP contribution in [0.4, 0.5) is 11.5 Å². The predicted molar refractivity (Wildman–Crippen MR) is 77.3 cm³/mol. The van der Waals surface area contributed by atoms with Gasteiger partial charge in [0.1, 0.15) is 12.0 Å². The molecule has 7 heteroatoms. The molecule has 0 aliphatic carbocycles. The highest BCUT2D eigenvalue weighted by Crippen LogP contribution is 2.35. The van der Waals surface area contributed by atoms with Gasteiger partial charge in [-0.25, -0.2) is 4.98 Å². The Labute approximate surface area is 120 Å². The number of nitro groups is 1. The zero-order valence-corrected chi connectivity index (χ0v) is 12.6. The summed E-state index contributed by atoms with van der Waals surface area (Å²) in [5, 5.41) is 10.9. The van der Waals surface area contributed by atoms with Crippen molar-refractivity contribution in [3.8, 4) is 0 Å². The molecule has 2 rings (SSSR count). The van der Waals surface area contributed by atoms with Crippen LogP contribution in [0.5, 0.6) is 0 Å². The summed E-state index contributed by atoms with van der Waals surface area (Å²) >= 11 is 3.44. The van der Waals surface area contributed by atoms with Gasteiger partial charge in [-0.2, -0.15) is 0 Å². The minimum absolute atomic E-state index is 0.0389. The summed E-state index contributed by atoms with van der Waals surface area (Å²) in [5.41, 5.74) is 6.60. The Kier molecular flexibility index (Phi) is 4.05. The summed E-state index contributed by atoms with van der Waals surface area (Å²) in [6, 6.07) is 0.512. The summed E-state index contributed by atoms with van der Waals surface area (Å²) < 4.78 is 0.698. The molecule has 0 aromatic carbocycles. The molecule has 6 nitrogen and oxygen atoms in total. The van der Waals surface area contributed by atoms with E-state index in [1.807, 2.05) is 0 Å². The van der Waals surface area contributed by atoms with E-state index in [9.17, 15) is 10.1 Å². The van der Waals surface area contributed by atoms with E-state index in [1.54, 1.807) is 6.92 Å². The lowest BCUT2D eigenvalue weighted by Crippen LogP contribution is -2.46. The number of hydrogen-bond acceptors (Lipinski definition) is 5. The number of aromatic nitrogens is 1. The topological polar surface area (TPSA) is 85.3 Å². The quantitative estimate of drug-likeness (QED) is 0.665. The summed E-state index contributed by atoms with van der Waals surface area (Å²) in [4.78, 5) is 16.9. The fraction of sp³-hybridized carbons (Fsp3) is 0.583. The van der Waals surface area contributed by atoms with Crippen molar-refractivity contribution in [2.24, 2.45) is 5.73 Å². The van der Waals surface area contributed by atoms with Crippen LogP contribution in [0.3, 0.4) is 0 Å². The fourth-order valence-corrected chi connectivity index (χ4v) is 3.00. The maximum atomic E-state index is 10.9. The van der Waals surface area contributed by atoms with E-state index in [1.165, 1.54) is 6.20 Å². The van der Waals surface area contributed by atoms with Gasteiger partial charge in [-0.3, -0.25) is 10.1 Å². The van der Waals surface area contributed by atoms with Crippen LogP contribution in [0.2, 0.25) is 0 Å². The van der Waals surface area contributed by atoms with Crippen LogP contribution in [0, 0.1) is 17.0 Å². The van der Waals surface area contributed by atoms with Crippen LogP contribution in [-0.4, -0.2) is 28.5 Å². The van der Waals surface area contributed by atoms with Crippen molar-refractivity contribution in [3.05, 3.63) is 26.3 Å². The van der Waals surface area contributed by atoms with Crippen LogP contribution in [0.1, 0.15) is 25.3 Å². The average Bonchev–Trinajstić information content (AvgIpc) is 2.33. The van der Waals surface area contributed by atoms with Crippen molar-refractivity contribution >= 4 is 27.4 Å². The lowest BCUT2D eigenvalue weighted by Gasteiger charge is -2.37. The summed E-state index contributed by atoms with van der Waals surface area (Å²) in [7, 11) is 0. The fourth-order valence-electron chi connectivity index (χ4n) is 2.46. The SMILES string of the molecule is Cc1c([N+](=O)[O-])cnc(N2CCC(N)CC2C)c1Br. The van der Waals surface area contributed by atoms with Crippen molar-refractivity contribution in [3.63, 3.8) is 0 Å². The number of piperidine rings is 1. The smallest absolute Gasteiger partial charge is 0.291 e. The van der Waals surface area contributed by atoms with Crippen LogP contribution >= 0.6 is 15.9 Å². The van der Waals surface area contributed by atoms with Gasteiger partial charge in [-0.15, -0.1) is 0 Å². The molecule has 104 valence electrons. The molecule has 2 atom stereocenters. The second-order valence-electron chi connectivity index (χ2n) is 4.99. The Morgan fingerprint density at radius 1 is 1.63 bits per heavy atom. The molecule has 0 bridgehead atoms. The van der Waals surface area contributed by atoms with Crippen molar-refractivity contribution in [1.29, 1.82) is 0 Å². The molecule has 0 radical (unpaired) electrons. The number of halogens is 1. The van der Waals surface area contributed by atoms with Gasteiger partial charge in [-0.05, 0) is 42.6 Å². The first-order valence-corrected chi connectivity index (χ1v) is 7.02. The van der Waals surface area contributed by atoms with E-state index >= 15 is 0 Å². The van der Waals surface area contributed by atoms with Gasteiger partial charge in [0.25, 0.3) is 5.69 Å². The van der Waals surface area contributed by atoms with E-state index in [0.717, 1.165) is 25.2 Å². The van der Waals surface area contributed by atoms with Gasteiger partial charge in [0.15, 0.2) is 0 Å². The molecular formula is C12H17BrN4O2. The number of pyridine rings is 1. The minimum atomic E-state index is -0.410. The number of nitrogens with zero attached hydrogens (tertiary/aromatic N) is 3. The summed E-state index contributed by atoms with van der Waals surface area (Å²) in [5.74, 6) is 0.766. The van der Waals surface area contributed by atoms with Crippen molar-refractivity contribution in [2.75, 3.05) is 11.4 Å². The summed E-state index contributed by atoms with van der Waals surface area (Å²) in [6.07, 6.45) is 3.15. The van der Waals surface area contributed by atoms with Crippen LogP contribution in [-0.2, 0) is 0 Å². The van der Waals surface area contributed by atoms with Crippen molar-refractivity contribution in [2.45, 2.75) is 38.8 Å². The molecule has 0 spiro atoms. The molecule has 19 heavy (non-hydrogen) atoms. The largest absolute Gasteiger partial charge is 0.353 e. The highest BCUT2D eigenvalue weighted by molar-refractivity contribution is 9.10. The highest BCUT2D eigenvalue weighted by atomic mass is 79.9. The van der Waals surface area contributed by atoms with E-state index in [0.29, 0.717) is 10.0 Å². The number of hydrogen-bond donors (Lipinski definition) is 1. The summed E-state index contributed by atoms with van der Waals surface area (Å²) in [6.45, 7) is 4.66. The minimum Gasteiger partial charge on any atom is -0.353 e. The van der Waals surface area contributed by atoms with E-state index in [-0.39, 0.29) is 17.8 Å². The maximum absolute atomic E-state index is 10.9. The number of rotatable bonds is 2. The molecule has 2 N–H and O–H groups in total. The first-order chi connectivity index (χ1) is 8.91. The zero-order chi connectivity index (χ0) is 14.2. The maximum Gasteiger partial charge on any atom is 0.291 e. The Morgan fingerprint density at radius 3 is 2.89 bits per heavy atom. The van der Waals surface area contributed by atoms with E-state index in [2.05, 4.69) is 32.7 Å². The molecule has 1 aliphatic rings. The Bertz CT molecular complexity index is 509. The van der Waals surface area contributed by atoms with Crippen molar-refractivity contribution in [1.82, 2.24) is 4.98 Å². The first kappa shape index (κ1) is 14.2. The monoisotopic (exact) mass is 328 g/mol. The second-order valence-corrected chi connectivity index (χ2v) is 5.78. The molecule has 1 saturated heterocycles. The van der Waals surface area contributed by atoms with Gasteiger partial charge >= 0.3 is 0 Å². The standard InChI is InChI=1S/C12H17BrN4O2/c1-7-5-9(14)3-4-16(7)12-11(13)8(2)10(6-15-12)17(18)19/h6-7,9H,3-5,14H2,1-2H3. The van der Waals surface area contributed by atoms with Gasteiger partial charge in [0.05, 0.1) is 9.40 Å². The molecule has 2 heterocycles. The van der Waals surface area contributed by atoms with Gasteiger partial charge in [0, 0.05) is 24.2 Å². The third-order valence-corrected chi connectivity index (χ3v) is 4.55. The van der Waals surface area contributed by atoms with Gasteiger partial charge in [-0.1, -0.05) is 0 Å². The van der Waals surface area contributed by atoms with E-state index in [4.69, 9.17) is 5.73 Å². The first-order valence-electron chi connectivity index (χ1n) is 6.23. The zero-order valence-electron chi connectivity index (χ0n) is 11.0. The lowest BCUT2D eigenvalue weighted by molar-refractivity contribution is -0.385. The highest BCUT2D eigenvalue weighted by Gasteiger charge is 2.27. The molecule has 0 saturated carbocycles.